The molecule has 0 bridgehead atoms. The lowest BCUT2D eigenvalue weighted by Gasteiger charge is -2.27. The van der Waals surface area contributed by atoms with Gasteiger partial charge in [0.05, 0.1) is 136 Å². The Kier molecular flexibility index (Phi) is 24.4. The van der Waals surface area contributed by atoms with Gasteiger partial charge in [-0.2, -0.15) is 0 Å². The van der Waals surface area contributed by atoms with E-state index >= 15 is 0 Å². The van der Waals surface area contributed by atoms with Gasteiger partial charge in [0.1, 0.15) is 6.04 Å². The summed E-state index contributed by atoms with van der Waals surface area (Å²) in [6.45, 7) is 7.67. The molecule has 0 spiro atoms. The van der Waals surface area contributed by atoms with Gasteiger partial charge in [0.2, 0.25) is 17.7 Å². The Bertz CT molecular complexity index is 1400. The number of aliphatic carboxylic acids is 1. The molecule has 1 atom stereocenters. The molecule has 3 rings (SSSR count). The minimum absolute atomic E-state index is 0.0171. The Morgan fingerprint density at radius 2 is 1.09 bits per heavy atom. The van der Waals surface area contributed by atoms with Gasteiger partial charge in [-0.15, -0.1) is 0 Å². The molecule has 57 heavy (non-hydrogen) atoms. The number of unbranched alkanes of at least 4 members (excludes halogenated alkanes) is 2. The van der Waals surface area contributed by atoms with Crippen LogP contribution >= 0.6 is 0 Å². The number of carboxylic acid groups (broad SMARTS) is 1. The Labute approximate surface area is 332 Å². The number of carboxylic acids is 1. The summed E-state index contributed by atoms with van der Waals surface area (Å²) in [7, 11) is 0. The van der Waals surface area contributed by atoms with E-state index in [0.29, 0.717) is 119 Å². The molecule has 5 amide bonds. The predicted molar refractivity (Wildman–Crippen MR) is 200 cm³/mol. The third kappa shape index (κ3) is 19.4. The van der Waals surface area contributed by atoms with Gasteiger partial charge in [0, 0.05) is 19.4 Å². The Hall–Kier alpha value is -3.92. The molecule has 1 aromatic carbocycles. The number of imide groups is 2. The highest BCUT2D eigenvalue weighted by Crippen LogP contribution is 2.32. The molecule has 1 aromatic rings. The topological polar surface area (TPSA) is 233 Å². The predicted octanol–water partition coefficient (Wildman–Crippen LogP) is 1.21. The third-order valence-corrected chi connectivity index (χ3v) is 8.37. The average molecular weight is 812 g/mol. The lowest BCUT2D eigenvalue weighted by Crippen LogP contribution is -2.54. The number of nitrogens with one attached hydrogen (secondary N) is 2. The number of carbonyl (C=O) groups excluding carboxylic acids is 5. The second-order valence-corrected chi connectivity index (χ2v) is 12.7. The lowest BCUT2D eigenvalue weighted by molar-refractivity contribution is -0.138. The van der Waals surface area contributed by atoms with Crippen molar-refractivity contribution < 1.29 is 76.5 Å². The van der Waals surface area contributed by atoms with E-state index in [1.165, 1.54) is 6.07 Å². The number of ether oxygens (including phenoxy) is 9. The molecule has 1 fully saturated rings. The monoisotopic (exact) mass is 811 g/mol. The Balaban J connectivity index is 1.03. The van der Waals surface area contributed by atoms with Crippen LogP contribution in [0.4, 0.5) is 5.69 Å². The first kappa shape index (κ1) is 47.5. The highest BCUT2D eigenvalue weighted by molar-refractivity contribution is 6.26. The van der Waals surface area contributed by atoms with Gasteiger partial charge < -0.3 is 53.1 Å². The maximum Gasteiger partial charge on any atom is 0.305 e. The summed E-state index contributed by atoms with van der Waals surface area (Å²) in [5, 5.41) is 13.4. The molecule has 2 heterocycles. The second-order valence-electron chi connectivity index (χ2n) is 12.7. The fourth-order valence-electron chi connectivity index (χ4n) is 5.52. The van der Waals surface area contributed by atoms with Crippen molar-refractivity contribution in [1.82, 2.24) is 10.2 Å². The van der Waals surface area contributed by atoms with Gasteiger partial charge in [-0.3, -0.25) is 39.0 Å². The van der Waals surface area contributed by atoms with Crippen LogP contribution in [-0.4, -0.2) is 170 Å². The molecule has 0 radical (unpaired) electrons. The minimum Gasteiger partial charge on any atom is -0.481 e. The molecule has 1 unspecified atom stereocenters. The molecule has 0 aromatic heterocycles. The van der Waals surface area contributed by atoms with Crippen molar-refractivity contribution in [3.05, 3.63) is 29.3 Å². The van der Waals surface area contributed by atoms with E-state index in [9.17, 15) is 28.8 Å². The van der Waals surface area contributed by atoms with Gasteiger partial charge in [0.15, 0.2) is 0 Å². The van der Waals surface area contributed by atoms with Crippen molar-refractivity contribution in [2.75, 3.05) is 124 Å². The highest BCUT2D eigenvalue weighted by Gasteiger charge is 2.45. The summed E-state index contributed by atoms with van der Waals surface area (Å²) in [6, 6.07) is 3.51. The molecule has 1 saturated heterocycles. The lowest BCUT2D eigenvalue weighted by atomic mass is 10.0. The van der Waals surface area contributed by atoms with Crippen LogP contribution in [0.1, 0.15) is 65.7 Å². The van der Waals surface area contributed by atoms with Crippen LogP contribution in [0.2, 0.25) is 0 Å². The Morgan fingerprint density at radius 3 is 1.56 bits per heavy atom. The largest absolute Gasteiger partial charge is 0.481 e. The summed E-state index contributed by atoms with van der Waals surface area (Å²) in [5.41, 5.74) is 0.368. The fourth-order valence-corrected chi connectivity index (χ4v) is 5.52. The van der Waals surface area contributed by atoms with Crippen LogP contribution in [0.25, 0.3) is 0 Å². The first-order valence-corrected chi connectivity index (χ1v) is 19.4. The van der Waals surface area contributed by atoms with E-state index in [0.717, 1.165) is 17.7 Å². The smallest absolute Gasteiger partial charge is 0.305 e. The van der Waals surface area contributed by atoms with Crippen LogP contribution in [0, 0.1) is 0 Å². The first-order valence-electron chi connectivity index (χ1n) is 19.4. The number of amides is 5. The molecule has 2 aliphatic rings. The SMILES string of the molecule is O=C(O)CCOCCOCCOCCOCCOCCOCCOCCOCCOCCCCCC(=O)Nc1cccc2c1C(=O)N(C1CCC(=O)NC1=O)C2=O. The summed E-state index contributed by atoms with van der Waals surface area (Å²) in [4.78, 5) is 73.8. The first-order chi connectivity index (χ1) is 27.8. The van der Waals surface area contributed by atoms with E-state index in [-0.39, 0.29) is 55.0 Å². The average Bonchev–Trinajstić information content (AvgIpc) is 3.44. The van der Waals surface area contributed by atoms with Crippen molar-refractivity contribution in [3.8, 4) is 0 Å². The zero-order valence-electron chi connectivity index (χ0n) is 32.5. The zero-order chi connectivity index (χ0) is 40.9. The van der Waals surface area contributed by atoms with Crippen LogP contribution < -0.4 is 10.6 Å². The molecular weight excluding hydrogens is 754 g/mol. The van der Waals surface area contributed by atoms with Gasteiger partial charge in [-0.1, -0.05) is 12.5 Å². The molecule has 19 heteroatoms. The maximum atomic E-state index is 13.2. The third-order valence-electron chi connectivity index (χ3n) is 8.37. The normalized spacial score (nSPS) is 15.3. The van der Waals surface area contributed by atoms with E-state index in [1.54, 1.807) is 12.1 Å². The van der Waals surface area contributed by atoms with Crippen molar-refractivity contribution in [3.63, 3.8) is 0 Å². The van der Waals surface area contributed by atoms with Gasteiger partial charge in [0.25, 0.3) is 11.8 Å². The molecule has 0 saturated carbocycles. The van der Waals surface area contributed by atoms with Crippen molar-refractivity contribution >= 4 is 41.2 Å². The summed E-state index contributed by atoms with van der Waals surface area (Å²) in [6.07, 6.45) is 2.40. The Morgan fingerprint density at radius 1 is 0.614 bits per heavy atom. The number of anilines is 1. The zero-order valence-corrected chi connectivity index (χ0v) is 32.5. The van der Waals surface area contributed by atoms with Gasteiger partial charge in [-0.05, 0) is 31.4 Å². The number of fused-ring (bicyclic) bond motifs is 1. The van der Waals surface area contributed by atoms with Crippen LogP contribution in [0.15, 0.2) is 18.2 Å². The molecule has 2 aliphatic heterocycles. The number of benzene rings is 1. The van der Waals surface area contributed by atoms with Crippen LogP contribution in [-0.2, 0) is 61.8 Å². The summed E-state index contributed by atoms with van der Waals surface area (Å²) < 4.78 is 48.8. The molecule has 19 nitrogen and oxygen atoms in total. The minimum atomic E-state index is -1.08. The van der Waals surface area contributed by atoms with Crippen LogP contribution in [0.5, 0.6) is 0 Å². The molecular formula is C38H57N3O16. The number of carbonyl (C=O) groups is 6. The van der Waals surface area contributed by atoms with Gasteiger partial charge in [-0.25, -0.2) is 0 Å². The van der Waals surface area contributed by atoms with Crippen molar-refractivity contribution in [2.45, 2.75) is 51.0 Å². The molecule has 3 N–H and O–H groups in total. The molecule has 0 aliphatic carbocycles. The van der Waals surface area contributed by atoms with E-state index in [1.807, 2.05) is 0 Å². The second kappa shape index (κ2) is 29.3. The highest BCUT2D eigenvalue weighted by atomic mass is 16.6. The maximum absolute atomic E-state index is 13.2. The number of rotatable bonds is 35. The fraction of sp³-hybridized carbons (Fsp3) is 0.684. The van der Waals surface area contributed by atoms with Crippen LogP contribution in [0.3, 0.4) is 0 Å². The van der Waals surface area contributed by atoms with E-state index < -0.39 is 35.6 Å². The number of piperidine rings is 1. The number of hydrogen-bond donors (Lipinski definition) is 3. The van der Waals surface area contributed by atoms with Crippen molar-refractivity contribution in [1.29, 1.82) is 0 Å². The quantitative estimate of drug-likeness (QED) is 0.0646. The van der Waals surface area contributed by atoms with E-state index in [4.69, 9.17) is 47.7 Å². The van der Waals surface area contributed by atoms with E-state index in [2.05, 4.69) is 10.6 Å². The van der Waals surface area contributed by atoms with Crippen molar-refractivity contribution in [2.24, 2.45) is 0 Å². The standard InChI is InChI=1S/C38H57N3O16/c42-32(39-30-6-4-5-29-35(30)38(48)41(37(29)47)31-8-9-33(43)40-36(31)46)7-2-1-3-11-49-13-15-51-17-19-53-21-23-55-25-27-57-28-26-56-24-22-54-20-18-52-16-14-50-12-10-34(44)45/h4-6,31H,1-3,7-28H2,(H,39,42)(H,44,45)(H,40,43,46). The molecule has 320 valence electrons. The summed E-state index contributed by atoms with van der Waals surface area (Å²) in [5.74, 6) is -3.62. The van der Waals surface area contributed by atoms with Gasteiger partial charge >= 0.3 is 5.97 Å². The number of hydrogen-bond acceptors (Lipinski definition) is 15. The number of nitrogens with zero attached hydrogens (tertiary/aromatic N) is 1. The summed E-state index contributed by atoms with van der Waals surface area (Å²) >= 11 is 0.